The fourth-order valence-corrected chi connectivity index (χ4v) is 3.80. The van der Waals surface area contributed by atoms with Crippen molar-refractivity contribution in [1.82, 2.24) is 10.2 Å². The van der Waals surface area contributed by atoms with Crippen molar-refractivity contribution in [3.8, 4) is 0 Å². The van der Waals surface area contributed by atoms with Crippen molar-refractivity contribution in [2.24, 2.45) is 0 Å². The van der Waals surface area contributed by atoms with E-state index < -0.39 is 5.25 Å². The van der Waals surface area contributed by atoms with Crippen LogP contribution in [0.5, 0.6) is 0 Å². The van der Waals surface area contributed by atoms with E-state index in [1.165, 1.54) is 17.3 Å². The number of carbonyl (C=O) groups excluding carboxylic acids is 1. The molecule has 0 saturated heterocycles. The highest BCUT2D eigenvalue weighted by Gasteiger charge is 2.27. The average molecular weight is 319 g/mol. The number of nitrogens with one attached hydrogen (secondary N) is 2. The average Bonchev–Trinajstić information content (AvgIpc) is 2.52. The molecule has 22 heavy (non-hydrogen) atoms. The zero-order valence-corrected chi connectivity index (χ0v) is 14.4. The van der Waals surface area contributed by atoms with Gasteiger partial charge in [-0.2, -0.15) is 0 Å². The summed E-state index contributed by atoms with van der Waals surface area (Å²) in [4.78, 5) is 14.1. The van der Waals surface area contributed by atoms with E-state index in [-0.39, 0.29) is 17.2 Å². The molecule has 0 fully saturated rings. The molecule has 2 aliphatic heterocycles. The monoisotopic (exact) mass is 319 g/mol. The van der Waals surface area contributed by atoms with Crippen LogP contribution in [-0.4, -0.2) is 53.2 Å². The summed E-state index contributed by atoms with van der Waals surface area (Å²) in [5.74, 6) is 0.00940. The fraction of sp³-hybridized carbons (Fsp3) is 0.529. The van der Waals surface area contributed by atoms with E-state index in [0.29, 0.717) is 11.3 Å². The summed E-state index contributed by atoms with van der Waals surface area (Å²) in [5, 5.41) is 11.4. The van der Waals surface area contributed by atoms with E-state index in [1.807, 2.05) is 6.08 Å². The predicted octanol–water partition coefficient (Wildman–Crippen LogP) is 2.39. The lowest BCUT2D eigenvalue weighted by molar-refractivity contribution is -0.115. The normalized spacial score (nSPS) is 31.2. The molecule has 0 aliphatic carbocycles. The molecule has 0 spiro atoms. The summed E-state index contributed by atoms with van der Waals surface area (Å²) >= 11 is 1.50. The molecule has 3 unspecified atom stereocenters. The summed E-state index contributed by atoms with van der Waals surface area (Å²) in [6.45, 7) is 9.59. The molecule has 0 aromatic heterocycles. The van der Waals surface area contributed by atoms with E-state index in [0.717, 1.165) is 19.5 Å². The topological polar surface area (TPSA) is 56.2 Å². The van der Waals surface area contributed by atoms with Gasteiger partial charge in [-0.1, -0.05) is 30.4 Å². The number of likely N-dealkylation sites (N-methyl/N-ethyl adjacent to an activating group) is 1. The van der Waals surface area contributed by atoms with Gasteiger partial charge in [0.05, 0.1) is 11.1 Å². The second kappa shape index (κ2) is 7.40. The number of hydrogen-bond acceptors (Lipinski definition) is 5. The number of hydrogen-bond donors (Lipinski definition) is 2. The minimum Gasteiger partial charge on any atom is -0.303 e. The van der Waals surface area contributed by atoms with E-state index >= 15 is 0 Å². The molecular weight excluding hydrogens is 294 g/mol. The Bertz CT molecular complexity index is 538. The zero-order chi connectivity index (χ0) is 16.3. The van der Waals surface area contributed by atoms with E-state index in [2.05, 4.69) is 42.9 Å². The molecule has 0 radical (unpaired) electrons. The van der Waals surface area contributed by atoms with Gasteiger partial charge < -0.3 is 10.3 Å². The Balaban J connectivity index is 2.22. The van der Waals surface area contributed by atoms with Crippen LogP contribution in [0.1, 0.15) is 20.3 Å². The maximum atomic E-state index is 11.8. The smallest absolute Gasteiger partial charge is 0.148 e. The summed E-state index contributed by atoms with van der Waals surface area (Å²) in [5.41, 5.74) is 2.32. The maximum absolute atomic E-state index is 11.8. The number of carbonyl (C=O) groups is 1. The standard InChI is InChI=1S/C17H25N3OS/c1-11-5-6-15(14-7-9-20(4)10-8-14)19-13(3)22-17(12(2)21)16(11)18/h5-7,13,15,17-19H,1,8-10H2,2-4H3. The number of rotatable bonds is 2. The number of allylic oxidation sites excluding steroid dienone is 2. The molecule has 2 N–H and O–H groups in total. The molecule has 0 amide bonds. The molecule has 0 aromatic rings. The van der Waals surface area contributed by atoms with Crippen molar-refractivity contribution in [2.75, 3.05) is 20.1 Å². The van der Waals surface area contributed by atoms with Gasteiger partial charge in [0, 0.05) is 19.1 Å². The molecule has 2 heterocycles. The van der Waals surface area contributed by atoms with Crippen LogP contribution in [0.25, 0.3) is 0 Å². The van der Waals surface area contributed by atoms with Crippen LogP contribution in [0.4, 0.5) is 0 Å². The molecule has 5 heteroatoms. The minimum absolute atomic E-state index is 0.00940. The van der Waals surface area contributed by atoms with Gasteiger partial charge in [0.15, 0.2) is 0 Å². The highest BCUT2D eigenvalue weighted by molar-refractivity contribution is 8.01. The van der Waals surface area contributed by atoms with Crippen molar-refractivity contribution in [3.63, 3.8) is 0 Å². The largest absolute Gasteiger partial charge is 0.303 e. The first-order chi connectivity index (χ1) is 10.4. The summed E-state index contributed by atoms with van der Waals surface area (Å²) in [6, 6.07) is 0.145. The highest BCUT2D eigenvalue weighted by atomic mass is 32.2. The van der Waals surface area contributed by atoms with Crippen molar-refractivity contribution in [1.29, 1.82) is 5.41 Å². The van der Waals surface area contributed by atoms with Crippen molar-refractivity contribution < 1.29 is 4.79 Å². The van der Waals surface area contributed by atoms with Crippen LogP contribution in [-0.2, 0) is 4.79 Å². The zero-order valence-electron chi connectivity index (χ0n) is 13.6. The van der Waals surface area contributed by atoms with Crippen molar-refractivity contribution in [3.05, 3.63) is 36.0 Å². The molecule has 2 rings (SSSR count). The Hall–Kier alpha value is -1.17. The lowest BCUT2D eigenvalue weighted by Crippen LogP contribution is -2.39. The first-order valence-corrected chi connectivity index (χ1v) is 8.58. The van der Waals surface area contributed by atoms with Crippen LogP contribution >= 0.6 is 11.8 Å². The van der Waals surface area contributed by atoms with Crippen LogP contribution in [0.3, 0.4) is 0 Å². The van der Waals surface area contributed by atoms with Gasteiger partial charge >= 0.3 is 0 Å². The summed E-state index contributed by atoms with van der Waals surface area (Å²) < 4.78 is 0. The van der Waals surface area contributed by atoms with Gasteiger partial charge in [0.2, 0.25) is 0 Å². The SMILES string of the molecule is C=C1C=CC(C2=CCN(C)CC2)NC(C)SC(C(C)=O)C1=N. The first kappa shape index (κ1) is 17.2. The van der Waals surface area contributed by atoms with Crippen LogP contribution < -0.4 is 5.32 Å². The van der Waals surface area contributed by atoms with Gasteiger partial charge in [-0.25, -0.2) is 0 Å². The van der Waals surface area contributed by atoms with E-state index in [1.54, 1.807) is 6.92 Å². The van der Waals surface area contributed by atoms with E-state index in [4.69, 9.17) is 5.41 Å². The third-order valence-corrected chi connectivity index (χ3v) is 5.45. The Kier molecular flexibility index (Phi) is 5.78. The third-order valence-electron chi connectivity index (χ3n) is 4.07. The minimum atomic E-state index is -0.440. The van der Waals surface area contributed by atoms with Gasteiger partial charge in [0.25, 0.3) is 0 Å². The summed E-state index contributed by atoms with van der Waals surface area (Å²) in [7, 11) is 2.12. The van der Waals surface area contributed by atoms with Crippen LogP contribution in [0.15, 0.2) is 36.0 Å². The first-order valence-electron chi connectivity index (χ1n) is 7.64. The second-order valence-corrected chi connectivity index (χ2v) is 7.45. The number of Topliss-reactive ketones (excluding diaryl/α,β-unsaturated/α-hetero) is 1. The Morgan fingerprint density at radius 1 is 1.55 bits per heavy atom. The third kappa shape index (κ3) is 4.18. The fourth-order valence-electron chi connectivity index (χ4n) is 2.69. The number of thioether (sulfide) groups is 1. The van der Waals surface area contributed by atoms with Crippen molar-refractivity contribution in [2.45, 2.75) is 36.9 Å². The predicted molar refractivity (Wildman–Crippen MR) is 94.6 cm³/mol. The molecular formula is C17H25N3OS. The van der Waals surface area contributed by atoms with Gasteiger partial charge in [-0.15, -0.1) is 11.8 Å². The van der Waals surface area contributed by atoms with Crippen LogP contribution in [0, 0.1) is 5.41 Å². The van der Waals surface area contributed by atoms with Gasteiger partial charge in [-0.3, -0.25) is 10.1 Å². The lowest BCUT2D eigenvalue weighted by Gasteiger charge is -2.28. The number of nitrogens with zero attached hydrogens (tertiary/aromatic N) is 1. The molecule has 120 valence electrons. The highest BCUT2D eigenvalue weighted by Crippen LogP contribution is 2.25. The lowest BCUT2D eigenvalue weighted by atomic mass is 9.98. The molecule has 0 bridgehead atoms. The molecule has 2 aliphatic rings. The van der Waals surface area contributed by atoms with Crippen molar-refractivity contribution >= 4 is 23.3 Å². The Morgan fingerprint density at radius 3 is 2.86 bits per heavy atom. The quantitative estimate of drug-likeness (QED) is 0.767. The maximum Gasteiger partial charge on any atom is 0.148 e. The number of ketones is 1. The second-order valence-electron chi connectivity index (χ2n) is 6.00. The summed E-state index contributed by atoms with van der Waals surface area (Å²) in [6.07, 6.45) is 7.27. The van der Waals surface area contributed by atoms with E-state index in [9.17, 15) is 4.79 Å². The molecule has 0 saturated carbocycles. The Morgan fingerprint density at radius 2 is 2.27 bits per heavy atom. The van der Waals surface area contributed by atoms with Crippen LogP contribution in [0.2, 0.25) is 0 Å². The molecule has 4 nitrogen and oxygen atoms in total. The Labute approximate surface area is 137 Å². The van der Waals surface area contributed by atoms with Gasteiger partial charge in [-0.05, 0) is 32.9 Å². The molecule has 0 aromatic carbocycles. The van der Waals surface area contributed by atoms with Gasteiger partial charge in [0.1, 0.15) is 11.0 Å². The molecule has 3 atom stereocenters.